The summed E-state index contributed by atoms with van der Waals surface area (Å²) in [5, 5.41) is 2.92. The quantitative estimate of drug-likeness (QED) is 0.505. The predicted octanol–water partition coefficient (Wildman–Crippen LogP) is 2.02. The van der Waals surface area contributed by atoms with E-state index in [0.29, 0.717) is 0 Å². The summed E-state index contributed by atoms with van der Waals surface area (Å²) in [5.74, 6) is 1.15. The van der Waals surface area contributed by atoms with E-state index >= 15 is 0 Å². The highest BCUT2D eigenvalue weighted by molar-refractivity contribution is 8.22. The average Bonchev–Trinajstić information content (AvgIpc) is 1.89. The minimum atomic E-state index is 0.906. The lowest BCUT2D eigenvalue weighted by molar-refractivity contribution is 0.898. The molecule has 54 valence electrons. The Morgan fingerprint density at radius 3 is 2.78 bits per heavy atom. The second kappa shape index (κ2) is 6.36. The van der Waals surface area contributed by atoms with E-state index in [0.717, 1.165) is 10.1 Å². The number of thiocarbonyl (C=S) groups is 1. The SMILES string of the molecule is CCCCSC(=S)NC. The third-order valence-electron chi connectivity index (χ3n) is 0.935. The van der Waals surface area contributed by atoms with Crippen molar-refractivity contribution in [2.75, 3.05) is 12.8 Å². The summed E-state index contributed by atoms with van der Waals surface area (Å²) in [7, 11) is 1.86. The summed E-state index contributed by atoms with van der Waals surface area (Å²) >= 11 is 6.64. The molecule has 0 saturated carbocycles. The molecule has 0 rings (SSSR count). The first kappa shape index (κ1) is 9.24. The lowest BCUT2D eigenvalue weighted by Crippen LogP contribution is -2.11. The number of nitrogens with one attached hydrogen (secondary N) is 1. The van der Waals surface area contributed by atoms with E-state index in [1.54, 1.807) is 11.8 Å². The molecule has 0 amide bonds. The fraction of sp³-hybridized carbons (Fsp3) is 0.833. The normalized spacial score (nSPS) is 9.11. The van der Waals surface area contributed by atoms with E-state index < -0.39 is 0 Å². The maximum absolute atomic E-state index is 4.92. The van der Waals surface area contributed by atoms with E-state index in [1.165, 1.54) is 12.8 Å². The van der Waals surface area contributed by atoms with Crippen molar-refractivity contribution >= 4 is 28.3 Å². The van der Waals surface area contributed by atoms with Gasteiger partial charge in [0.25, 0.3) is 0 Å². The number of hydrogen-bond acceptors (Lipinski definition) is 2. The van der Waals surface area contributed by atoms with Gasteiger partial charge in [0.15, 0.2) is 0 Å². The minimum absolute atomic E-state index is 0.906. The van der Waals surface area contributed by atoms with Gasteiger partial charge in [-0.25, -0.2) is 0 Å². The summed E-state index contributed by atoms with van der Waals surface area (Å²) in [5.41, 5.74) is 0. The largest absolute Gasteiger partial charge is 0.374 e. The van der Waals surface area contributed by atoms with Crippen molar-refractivity contribution in [3.05, 3.63) is 0 Å². The van der Waals surface area contributed by atoms with E-state index in [-0.39, 0.29) is 0 Å². The third-order valence-corrected chi connectivity index (χ3v) is 2.45. The zero-order valence-corrected chi connectivity index (χ0v) is 7.57. The molecule has 1 nitrogen and oxygen atoms in total. The van der Waals surface area contributed by atoms with Gasteiger partial charge in [-0.2, -0.15) is 0 Å². The van der Waals surface area contributed by atoms with Gasteiger partial charge in [-0.05, 0) is 6.42 Å². The number of thioether (sulfide) groups is 1. The van der Waals surface area contributed by atoms with Crippen LogP contribution in [-0.2, 0) is 0 Å². The second-order valence-corrected chi connectivity index (χ2v) is 3.51. The van der Waals surface area contributed by atoms with Crippen molar-refractivity contribution in [2.45, 2.75) is 19.8 Å². The van der Waals surface area contributed by atoms with E-state index in [2.05, 4.69) is 12.2 Å². The highest BCUT2D eigenvalue weighted by Crippen LogP contribution is 2.04. The number of rotatable bonds is 3. The highest BCUT2D eigenvalue weighted by Gasteiger charge is 1.90. The zero-order valence-electron chi connectivity index (χ0n) is 5.94. The fourth-order valence-electron chi connectivity index (χ4n) is 0.381. The first-order chi connectivity index (χ1) is 4.31. The van der Waals surface area contributed by atoms with Crippen LogP contribution >= 0.6 is 24.0 Å². The molecule has 0 aromatic heterocycles. The van der Waals surface area contributed by atoms with Gasteiger partial charge in [0.1, 0.15) is 4.32 Å². The Bertz CT molecular complexity index is 83.1. The summed E-state index contributed by atoms with van der Waals surface area (Å²) in [4.78, 5) is 0. The molecule has 0 aromatic rings. The highest BCUT2D eigenvalue weighted by atomic mass is 32.2. The Labute approximate surface area is 66.6 Å². The monoisotopic (exact) mass is 163 g/mol. The number of hydrogen-bond donors (Lipinski definition) is 1. The molecule has 9 heavy (non-hydrogen) atoms. The Kier molecular flexibility index (Phi) is 6.53. The van der Waals surface area contributed by atoms with Crippen molar-refractivity contribution in [2.24, 2.45) is 0 Å². The van der Waals surface area contributed by atoms with E-state index in [9.17, 15) is 0 Å². The lowest BCUT2D eigenvalue weighted by atomic mass is 10.4. The van der Waals surface area contributed by atoms with E-state index in [4.69, 9.17) is 12.2 Å². The standard InChI is InChI=1S/C6H13NS2/c1-3-4-5-9-6(8)7-2/h3-5H2,1-2H3,(H,7,8). The lowest BCUT2D eigenvalue weighted by Gasteiger charge is -1.99. The van der Waals surface area contributed by atoms with Crippen LogP contribution < -0.4 is 5.32 Å². The van der Waals surface area contributed by atoms with Crippen molar-refractivity contribution in [1.82, 2.24) is 5.32 Å². The maximum Gasteiger partial charge on any atom is 0.133 e. The molecule has 0 saturated heterocycles. The molecule has 0 aliphatic heterocycles. The molecule has 1 N–H and O–H groups in total. The molecule has 0 bridgehead atoms. The second-order valence-electron chi connectivity index (χ2n) is 1.74. The average molecular weight is 163 g/mol. The summed E-state index contributed by atoms with van der Waals surface area (Å²) in [6.07, 6.45) is 2.51. The van der Waals surface area contributed by atoms with Gasteiger partial charge in [-0.3, -0.25) is 0 Å². The van der Waals surface area contributed by atoms with Crippen LogP contribution in [0.15, 0.2) is 0 Å². The van der Waals surface area contributed by atoms with Crippen LogP contribution in [0.5, 0.6) is 0 Å². The topological polar surface area (TPSA) is 12.0 Å². The van der Waals surface area contributed by atoms with Gasteiger partial charge in [0.2, 0.25) is 0 Å². The van der Waals surface area contributed by atoms with Crippen LogP contribution in [0.3, 0.4) is 0 Å². The zero-order chi connectivity index (χ0) is 7.11. The Morgan fingerprint density at radius 1 is 1.67 bits per heavy atom. The van der Waals surface area contributed by atoms with Crippen LogP contribution in [0.2, 0.25) is 0 Å². The van der Waals surface area contributed by atoms with Crippen LogP contribution in [-0.4, -0.2) is 17.1 Å². The molecular formula is C6H13NS2. The molecule has 0 heterocycles. The van der Waals surface area contributed by atoms with Gasteiger partial charge >= 0.3 is 0 Å². The first-order valence-corrected chi connectivity index (χ1v) is 4.55. The Balaban J connectivity index is 2.97. The first-order valence-electron chi connectivity index (χ1n) is 3.15. The molecule has 0 spiro atoms. The predicted molar refractivity (Wildman–Crippen MR) is 49.0 cm³/mol. The van der Waals surface area contributed by atoms with Crippen LogP contribution in [0.25, 0.3) is 0 Å². The molecule has 0 radical (unpaired) electrons. The summed E-state index contributed by atoms with van der Waals surface area (Å²) in [6, 6.07) is 0. The maximum atomic E-state index is 4.92. The Hall–Kier alpha value is 0.240. The van der Waals surface area contributed by atoms with Gasteiger partial charge in [0, 0.05) is 12.8 Å². The molecule has 0 aliphatic carbocycles. The van der Waals surface area contributed by atoms with Gasteiger partial charge < -0.3 is 5.32 Å². The molecule has 3 heteroatoms. The molecule has 0 aliphatic rings. The molecule has 0 atom stereocenters. The minimum Gasteiger partial charge on any atom is -0.374 e. The Morgan fingerprint density at radius 2 is 2.33 bits per heavy atom. The summed E-state index contributed by atoms with van der Waals surface area (Å²) in [6.45, 7) is 2.18. The van der Waals surface area contributed by atoms with Crippen molar-refractivity contribution in [1.29, 1.82) is 0 Å². The van der Waals surface area contributed by atoms with Crippen molar-refractivity contribution in [3.63, 3.8) is 0 Å². The van der Waals surface area contributed by atoms with Crippen LogP contribution in [0, 0.1) is 0 Å². The van der Waals surface area contributed by atoms with Crippen LogP contribution in [0.1, 0.15) is 19.8 Å². The number of unbranched alkanes of at least 4 members (excludes halogenated alkanes) is 1. The van der Waals surface area contributed by atoms with Gasteiger partial charge in [-0.1, -0.05) is 37.3 Å². The molecular weight excluding hydrogens is 150 g/mol. The third kappa shape index (κ3) is 6.12. The molecule has 0 unspecified atom stereocenters. The summed E-state index contributed by atoms with van der Waals surface area (Å²) < 4.78 is 0.906. The molecule has 0 fully saturated rings. The molecule has 0 aromatic carbocycles. The van der Waals surface area contributed by atoms with Crippen molar-refractivity contribution < 1.29 is 0 Å². The van der Waals surface area contributed by atoms with E-state index in [1.807, 2.05) is 7.05 Å². The van der Waals surface area contributed by atoms with Crippen LogP contribution in [0.4, 0.5) is 0 Å². The fourth-order valence-corrected chi connectivity index (χ4v) is 1.39. The van der Waals surface area contributed by atoms with Gasteiger partial charge in [-0.15, -0.1) is 0 Å². The van der Waals surface area contributed by atoms with Crippen molar-refractivity contribution in [3.8, 4) is 0 Å². The smallest absolute Gasteiger partial charge is 0.133 e. The van der Waals surface area contributed by atoms with Gasteiger partial charge in [0.05, 0.1) is 0 Å².